The smallest absolute Gasteiger partial charge is 0.0828 e. The van der Waals surface area contributed by atoms with Gasteiger partial charge in [0.15, 0.2) is 0 Å². The summed E-state index contributed by atoms with van der Waals surface area (Å²) in [5, 5.41) is 0. The Kier molecular flexibility index (Phi) is 2.13. The van der Waals surface area contributed by atoms with Crippen molar-refractivity contribution in [2.45, 2.75) is 19.4 Å². The molecule has 1 nitrogen and oxygen atoms in total. The molecule has 0 amide bonds. The first kappa shape index (κ1) is 7.81. The van der Waals surface area contributed by atoms with Crippen molar-refractivity contribution in [3.63, 3.8) is 0 Å². The molecular weight excluding hydrogens is 148 g/mol. The summed E-state index contributed by atoms with van der Waals surface area (Å²) in [7, 11) is 0. The third kappa shape index (κ3) is 1.51. The van der Waals surface area contributed by atoms with Gasteiger partial charge in [-0.25, -0.2) is 0 Å². The second kappa shape index (κ2) is 3.28. The number of benzene rings is 1. The van der Waals surface area contributed by atoms with Crippen LogP contribution in [0.3, 0.4) is 0 Å². The monoisotopic (exact) mass is 162 g/mol. The van der Waals surface area contributed by atoms with Crippen molar-refractivity contribution < 1.29 is 4.74 Å². The summed E-state index contributed by atoms with van der Waals surface area (Å²) in [6.45, 7) is 3.16. The average Bonchev–Trinajstić information content (AvgIpc) is 2.54. The van der Waals surface area contributed by atoms with Gasteiger partial charge >= 0.3 is 0 Å². The van der Waals surface area contributed by atoms with Crippen LogP contribution in [0.25, 0.3) is 0 Å². The topological polar surface area (TPSA) is 9.23 Å². The molecule has 0 aliphatic carbocycles. The highest BCUT2D eigenvalue weighted by molar-refractivity contribution is 5.18. The number of hydrogen-bond donors (Lipinski definition) is 0. The Morgan fingerprint density at radius 2 is 2.00 bits per heavy atom. The van der Waals surface area contributed by atoms with Gasteiger partial charge in [0.25, 0.3) is 0 Å². The first-order valence-electron chi connectivity index (χ1n) is 4.53. The molecule has 0 aromatic heterocycles. The van der Waals surface area contributed by atoms with Gasteiger partial charge in [-0.1, -0.05) is 37.3 Å². The number of rotatable bonds is 1. The van der Waals surface area contributed by atoms with E-state index in [0.717, 1.165) is 12.5 Å². The Labute approximate surface area is 73.4 Å². The molecule has 0 bridgehead atoms. The molecule has 2 rings (SSSR count). The lowest BCUT2D eigenvalue weighted by Crippen LogP contribution is -1.94. The van der Waals surface area contributed by atoms with Gasteiger partial charge in [0, 0.05) is 0 Å². The van der Waals surface area contributed by atoms with Crippen LogP contribution in [0.4, 0.5) is 0 Å². The number of ether oxygens (including phenoxy) is 1. The second-order valence-corrected chi connectivity index (χ2v) is 3.57. The lowest BCUT2D eigenvalue weighted by atomic mass is 10.0. The maximum atomic E-state index is 5.65. The van der Waals surface area contributed by atoms with E-state index in [9.17, 15) is 0 Å². The fourth-order valence-electron chi connectivity index (χ4n) is 1.68. The molecule has 1 aliphatic rings. The fourth-order valence-corrected chi connectivity index (χ4v) is 1.68. The van der Waals surface area contributed by atoms with Crippen LogP contribution in [0, 0.1) is 5.92 Å². The standard InChI is InChI=1S/C11H14O/c1-9-7-11(12-8-9)10-5-3-2-4-6-10/h2-6,9,11H,7-8H2,1H3/t9-,11-/m1/s1. The molecule has 64 valence electrons. The molecule has 1 heterocycles. The predicted molar refractivity (Wildman–Crippen MR) is 48.9 cm³/mol. The van der Waals surface area contributed by atoms with Gasteiger partial charge in [-0.2, -0.15) is 0 Å². The molecule has 0 spiro atoms. The summed E-state index contributed by atoms with van der Waals surface area (Å²) in [4.78, 5) is 0. The largest absolute Gasteiger partial charge is 0.373 e. The van der Waals surface area contributed by atoms with E-state index in [2.05, 4.69) is 31.2 Å². The number of hydrogen-bond acceptors (Lipinski definition) is 1. The van der Waals surface area contributed by atoms with Gasteiger partial charge in [0.1, 0.15) is 0 Å². The summed E-state index contributed by atoms with van der Waals surface area (Å²) in [6, 6.07) is 10.5. The van der Waals surface area contributed by atoms with Crippen molar-refractivity contribution in [1.82, 2.24) is 0 Å². The van der Waals surface area contributed by atoms with Crippen LogP contribution >= 0.6 is 0 Å². The van der Waals surface area contributed by atoms with E-state index in [1.165, 1.54) is 12.0 Å². The summed E-state index contributed by atoms with van der Waals surface area (Å²) >= 11 is 0. The minimum Gasteiger partial charge on any atom is -0.373 e. The lowest BCUT2D eigenvalue weighted by Gasteiger charge is -2.08. The SMILES string of the molecule is C[C@H]1CO[C@@H](c2ccccc2)C1. The summed E-state index contributed by atoms with van der Waals surface area (Å²) < 4.78 is 5.65. The van der Waals surface area contributed by atoms with Crippen molar-refractivity contribution in [1.29, 1.82) is 0 Å². The molecule has 0 radical (unpaired) electrons. The van der Waals surface area contributed by atoms with Gasteiger partial charge in [-0.05, 0) is 17.9 Å². The Bertz CT molecular complexity index is 242. The van der Waals surface area contributed by atoms with E-state index in [-0.39, 0.29) is 0 Å². The molecule has 0 unspecified atom stereocenters. The molecule has 0 saturated carbocycles. The van der Waals surface area contributed by atoms with Crippen molar-refractivity contribution in [3.8, 4) is 0 Å². The van der Waals surface area contributed by atoms with Crippen LogP contribution in [-0.2, 0) is 4.74 Å². The van der Waals surface area contributed by atoms with Crippen molar-refractivity contribution in [2.24, 2.45) is 5.92 Å². The summed E-state index contributed by atoms with van der Waals surface area (Å²) in [5.74, 6) is 0.718. The minimum absolute atomic E-state index is 0.348. The fraction of sp³-hybridized carbons (Fsp3) is 0.455. The van der Waals surface area contributed by atoms with E-state index < -0.39 is 0 Å². The normalized spacial score (nSPS) is 29.1. The first-order valence-corrected chi connectivity index (χ1v) is 4.53. The molecule has 2 atom stereocenters. The highest BCUT2D eigenvalue weighted by Gasteiger charge is 2.22. The highest BCUT2D eigenvalue weighted by Crippen LogP contribution is 2.31. The molecule has 12 heavy (non-hydrogen) atoms. The second-order valence-electron chi connectivity index (χ2n) is 3.57. The quantitative estimate of drug-likeness (QED) is 0.617. The molecular formula is C11H14O. The van der Waals surface area contributed by atoms with Gasteiger partial charge < -0.3 is 4.74 Å². The molecule has 1 aromatic carbocycles. The van der Waals surface area contributed by atoms with Gasteiger partial charge in [-0.15, -0.1) is 0 Å². The average molecular weight is 162 g/mol. The first-order chi connectivity index (χ1) is 5.86. The Hall–Kier alpha value is -0.820. The van der Waals surface area contributed by atoms with Gasteiger partial charge in [0.05, 0.1) is 12.7 Å². The lowest BCUT2D eigenvalue weighted by molar-refractivity contribution is 0.108. The van der Waals surface area contributed by atoms with Crippen LogP contribution in [0.1, 0.15) is 25.0 Å². The van der Waals surface area contributed by atoms with Crippen molar-refractivity contribution in [2.75, 3.05) is 6.61 Å². The van der Waals surface area contributed by atoms with Crippen molar-refractivity contribution in [3.05, 3.63) is 35.9 Å². The Balaban J connectivity index is 2.11. The Morgan fingerprint density at radius 3 is 2.58 bits per heavy atom. The summed E-state index contributed by atoms with van der Waals surface area (Å²) in [5.41, 5.74) is 1.32. The Morgan fingerprint density at radius 1 is 1.25 bits per heavy atom. The maximum Gasteiger partial charge on any atom is 0.0828 e. The zero-order valence-electron chi connectivity index (χ0n) is 7.36. The molecule has 0 N–H and O–H groups in total. The zero-order valence-corrected chi connectivity index (χ0v) is 7.36. The van der Waals surface area contributed by atoms with E-state index in [1.807, 2.05) is 6.07 Å². The van der Waals surface area contributed by atoms with Crippen LogP contribution in [0.15, 0.2) is 30.3 Å². The highest BCUT2D eigenvalue weighted by atomic mass is 16.5. The zero-order chi connectivity index (χ0) is 8.39. The van der Waals surface area contributed by atoms with Crippen LogP contribution in [-0.4, -0.2) is 6.61 Å². The van der Waals surface area contributed by atoms with E-state index in [1.54, 1.807) is 0 Å². The molecule has 1 aromatic rings. The third-order valence-corrected chi connectivity index (χ3v) is 2.37. The molecule has 1 aliphatic heterocycles. The van der Waals surface area contributed by atoms with E-state index >= 15 is 0 Å². The molecule has 1 heteroatoms. The minimum atomic E-state index is 0.348. The van der Waals surface area contributed by atoms with E-state index in [4.69, 9.17) is 4.74 Å². The molecule has 1 saturated heterocycles. The van der Waals surface area contributed by atoms with Gasteiger partial charge in [-0.3, -0.25) is 0 Å². The van der Waals surface area contributed by atoms with Crippen LogP contribution in [0.5, 0.6) is 0 Å². The van der Waals surface area contributed by atoms with Crippen LogP contribution in [0.2, 0.25) is 0 Å². The van der Waals surface area contributed by atoms with Crippen LogP contribution < -0.4 is 0 Å². The summed E-state index contributed by atoms with van der Waals surface area (Å²) in [6.07, 6.45) is 1.52. The van der Waals surface area contributed by atoms with Gasteiger partial charge in [0.2, 0.25) is 0 Å². The predicted octanol–water partition coefficient (Wildman–Crippen LogP) is 2.78. The van der Waals surface area contributed by atoms with Crippen molar-refractivity contribution >= 4 is 0 Å². The maximum absolute atomic E-state index is 5.65. The van der Waals surface area contributed by atoms with E-state index in [0.29, 0.717) is 6.10 Å². The third-order valence-electron chi connectivity index (χ3n) is 2.37. The molecule has 1 fully saturated rings.